The van der Waals surface area contributed by atoms with Crippen molar-refractivity contribution >= 4 is 11.7 Å². The highest BCUT2D eigenvalue weighted by atomic mass is 16.4. The molecule has 2 heterocycles. The van der Waals surface area contributed by atoms with E-state index in [4.69, 9.17) is 4.42 Å². The van der Waals surface area contributed by atoms with Crippen molar-refractivity contribution < 1.29 is 9.21 Å². The molecule has 20 heavy (non-hydrogen) atoms. The van der Waals surface area contributed by atoms with Gasteiger partial charge in [0.15, 0.2) is 0 Å². The standard InChI is InChI=1S/C13H17N5O2/c1-3-4-15-11-7-14-6-10(18-11)13(19)17-8-12-16-5-9(2)20-12/h5-7H,3-4,8H2,1-2H3,(H,15,18)(H,17,19). The van der Waals surface area contributed by atoms with Crippen LogP contribution < -0.4 is 10.6 Å². The third-order valence-corrected chi connectivity index (χ3v) is 2.49. The summed E-state index contributed by atoms with van der Waals surface area (Å²) in [5.41, 5.74) is 0.259. The summed E-state index contributed by atoms with van der Waals surface area (Å²) in [4.78, 5) is 24.1. The predicted molar refractivity (Wildman–Crippen MR) is 73.2 cm³/mol. The Morgan fingerprint density at radius 2 is 2.20 bits per heavy atom. The van der Waals surface area contributed by atoms with Gasteiger partial charge in [-0.3, -0.25) is 9.78 Å². The first-order valence-electron chi connectivity index (χ1n) is 6.44. The smallest absolute Gasteiger partial charge is 0.272 e. The SMILES string of the molecule is CCCNc1cncc(C(=O)NCc2ncc(C)o2)n1. The molecule has 0 saturated carbocycles. The van der Waals surface area contributed by atoms with E-state index in [1.54, 1.807) is 19.3 Å². The summed E-state index contributed by atoms with van der Waals surface area (Å²) in [6, 6.07) is 0. The van der Waals surface area contributed by atoms with Crippen LogP contribution >= 0.6 is 0 Å². The van der Waals surface area contributed by atoms with Crippen molar-refractivity contribution in [2.24, 2.45) is 0 Å². The second kappa shape index (κ2) is 6.65. The van der Waals surface area contributed by atoms with E-state index in [2.05, 4.69) is 32.5 Å². The summed E-state index contributed by atoms with van der Waals surface area (Å²) in [6.07, 6.45) is 5.59. The summed E-state index contributed by atoms with van der Waals surface area (Å²) in [6.45, 7) is 4.86. The van der Waals surface area contributed by atoms with Gasteiger partial charge in [0.25, 0.3) is 5.91 Å². The number of amides is 1. The quantitative estimate of drug-likeness (QED) is 0.830. The number of anilines is 1. The zero-order valence-corrected chi connectivity index (χ0v) is 11.5. The molecule has 0 unspecified atom stereocenters. The van der Waals surface area contributed by atoms with Gasteiger partial charge in [0.05, 0.1) is 25.1 Å². The Bertz CT molecular complexity index is 582. The molecule has 2 aromatic rings. The first-order valence-corrected chi connectivity index (χ1v) is 6.44. The third-order valence-electron chi connectivity index (χ3n) is 2.49. The Balaban J connectivity index is 1.94. The average molecular weight is 275 g/mol. The minimum Gasteiger partial charge on any atom is -0.444 e. The molecule has 2 N–H and O–H groups in total. The van der Waals surface area contributed by atoms with E-state index in [0.29, 0.717) is 17.5 Å². The lowest BCUT2D eigenvalue weighted by Gasteiger charge is -2.05. The number of aryl methyl sites for hydroxylation is 1. The molecule has 0 atom stereocenters. The number of hydrogen-bond acceptors (Lipinski definition) is 6. The van der Waals surface area contributed by atoms with Crippen molar-refractivity contribution in [2.45, 2.75) is 26.8 Å². The molecule has 2 rings (SSSR count). The molecule has 1 amide bonds. The number of oxazole rings is 1. The van der Waals surface area contributed by atoms with Crippen LogP contribution in [0, 0.1) is 6.92 Å². The summed E-state index contributed by atoms with van der Waals surface area (Å²) in [7, 11) is 0. The number of nitrogens with one attached hydrogen (secondary N) is 2. The van der Waals surface area contributed by atoms with Crippen LogP contribution in [0.25, 0.3) is 0 Å². The highest BCUT2D eigenvalue weighted by Gasteiger charge is 2.10. The average Bonchev–Trinajstić information content (AvgIpc) is 2.88. The summed E-state index contributed by atoms with van der Waals surface area (Å²) in [5, 5.41) is 5.77. The van der Waals surface area contributed by atoms with Crippen molar-refractivity contribution in [1.82, 2.24) is 20.3 Å². The number of hydrogen-bond donors (Lipinski definition) is 2. The maximum atomic E-state index is 11.9. The van der Waals surface area contributed by atoms with Crippen molar-refractivity contribution in [1.29, 1.82) is 0 Å². The Labute approximate surface area is 116 Å². The first-order chi connectivity index (χ1) is 9.69. The van der Waals surface area contributed by atoms with Crippen molar-refractivity contribution in [3.05, 3.63) is 35.9 Å². The second-order valence-electron chi connectivity index (χ2n) is 4.26. The van der Waals surface area contributed by atoms with Gasteiger partial charge in [0.2, 0.25) is 5.89 Å². The zero-order valence-electron chi connectivity index (χ0n) is 11.5. The monoisotopic (exact) mass is 275 g/mol. The molecule has 0 fully saturated rings. The van der Waals surface area contributed by atoms with Gasteiger partial charge in [0.1, 0.15) is 17.3 Å². The minimum atomic E-state index is -0.312. The van der Waals surface area contributed by atoms with E-state index in [-0.39, 0.29) is 18.1 Å². The highest BCUT2D eigenvalue weighted by Crippen LogP contribution is 2.04. The Morgan fingerprint density at radius 3 is 2.90 bits per heavy atom. The molecule has 0 aromatic carbocycles. The number of nitrogens with zero attached hydrogens (tertiary/aromatic N) is 3. The Hall–Kier alpha value is -2.44. The molecule has 0 saturated heterocycles. The van der Waals surface area contributed by atoms with Crippen LogP contribution in [0.3, 0.4) is 0 Å². The normalized spacial score (nSPS) is 10.3. The molecule has 0 bridgehead atoms. The van der Waals surface area contributed by atoms with Crippen molar-refractivity contribution in [3.8, 4) is 0 Å². The molecule has 0 aliphatic carbocycles. The van der Waals surface area contributed by atoms with Gasteiger partial charge in [0, 0.05) is 6.54 Å². The van der Waals surface area contributed by atoms with Gasteiger partial charge in [-0.2, -0.15) is 0 Å². The lowest BCUT2D eigenvalue weighted by molar-refractivity contribution is 0.0942. The second-order valence-corrected chi connectivity index (χ2v) is 4.26. The molecule has 0 radical (unpaired) electrons. The molecule has 2 aromatic heterocycles. The van der Waals surface area contributed by atoms with Crippen LogP contribution in [0.2, 0.25) is 0 Å². The van der Waals surface area contributed by atoms with E-state index in [1.807, 2.05) is 0 Å². The van der Waals surface area contributed by atoms with E-state index in [9.17, 15) is 4.79 Å². The van der Waals surface area contributed by atoms with Crippen LogP contribution in [-0.2, 0) is 6.54 Å². The lowest BCUT2D eigenvalue weighted by atomic mass is 10.4. The first kappa shape index (κ1) is 14.0. The molecule has 0 aliphatic rings. The molecule has 7 nitrogen and oxygen atoms in total. The molecular formula is C13H17N5O2. The summed E-state index contributed by atoms with van der Waals surface area (Å²) < 4.78 is 5.27. The lowest BCUT2D eigenvalue weighted by Crippen LogP contribution is -2.24. The molecule has 7 heteroatoms. The van der Waals surface area contributed by atoms with Crippen LogP contribution in [0.4, 0.5) is 5.82 Å². The Morgan fingerprint density at radius 1 is 1.35 bits per heavy atom. The van der Waals surface area contributed by atoms with Gasteiger partial charge in [-0.1, -0.05) is 6.92 Å². The van der Waals surface area contributed by atoms with Gasteiger partial charge in [-0.25, -0.2) is 9.97 Å². The van der Waals surface area contributed by atoms with E-state index < -0.39 is 0 Å². The van der Waals surface area contributed by atoms with Gasteiger partial charge < -0.3 is 15.1 Å². The molecule has 106 valence electrons. The van der Waals surface area contributed by atoms with Crippen LogP contribution in [0.15, 0.2) is 23.0 Å². The van der Waals surface area contributed by atoms with Crippen LogP contribution in [0.1, 0.15) is 35.5 Å². The Kier molecular flexibility index (Phi) is 4.65. The van der Waals surface area contributed by atoms with Crippen LogP contribution in [0.5, 0.6) is 0 Å². The fraction of sp³-hybridized carbons (Fsp3) is 0.385. The van der Waals surface area contributed by atoms with Gasteiger partial charge in [-0.15, -0.1) is 0 Å². The minimum absolute atomic E-state index is 0.223. The van der Waals surface area contributed by atoms with Crippen LogP contribution in [-0.4, -0.2) is 27.4 Å². The fourth-order valence-corrected chi connectivity index (χ4v) is 1.54. The van der Waals surface area contributed by atoms with Gasteiger partial charge >= 0.3 is 0 Å². The fourth-order valence-electron chi connectivity index (χ4n) is 1.54. The molecular weight excluding hydrogens is 258 g/mol. The predicted octanol–water partition coefficient (Wildman–Crippen LogP) is 1.52. The van der Waals surface area contributed by atoms with Crippen molar-refractivity contribution in [3.63, 3.8) is 0 Å². The number of rotatable bonds is 6. The number of carbonyl (C=O) groups excluding carboxylic acids is 1. The summed E-state index contributed by atoms with van der Waals surface area (Å²) in [5.74, 6) is 1.45. The summed E-state index contributed by atoms with van der Waals surface area (Å²) >= 11 is 0. The molecule has 0 spiro atoms. The van der Waals surface area contributed by atoms with E-state index in [0.717, 1.165) is 13.0 Å². The number of aromatic nitrogens is 3. The van der Waals surface area contributed by atoms with Gasteiger partial charge in [-0.05, 0) is 13.3 Å². The van der Waals surface area contributed by atoms with Crippen molar-refractivity contribution in [2.75, 3.05) is 11.9 Å². The van der Waals surface area contributed by atoms with E-state index >= 15 is 0 Å². The van der Waals surface area contributed by atoms with E-state index in [1.165, 1.54) is 6.20 Å². The maximum absolute atomic E-state index is 11.9. The molecule has 0 aliphatic heterocycles. The zero-order chi connectivity index (χ0) is 14.4. The topological polar surface area (TPSA) is 92.9 Å². The third kappa shape index (κ3) is 3.78. The highest BCUT2D eigenvalue weighted by molar-refractivity contribution is 5.92. The largest absolute Gasteiger partial charge is 0.444 e. The maximum Gasteiger partial charge on any atom is 0.272 e. The number of carbonyl (C=O) groups is 1.